The average molecular weight is 267 g/mol. The SMILES string of the molecule is CC(O)(CC(=O)c1ccc(Cl)cc1)C(F)(F)F. The van der Waals surface area contributed by atoms with Gasteiger partial charge in [0.1, 0.15) is 0 Å². The standard InChI is InChI=1S/C11H10ClF3O2/c1-10(17,11(13,14)15)6-9(16)7-2-4-8(12)5-3-7/h2-5,17H,6H2,1H3. The van der Waals surface area contributed by atoms with Crippen molar-refractivity contribution in [3.63, 3.8) is 0 Å². The minimum atomic E-state index is -4.84. The molecule has 2 nitrogen and oxygen atoms in total. The molecule has 1 aromatic carbocycles. The second kappa shape index (κ2) is 4.66. The minimum absolute atomic E-state index is 0.0823. The zero-order valence-electron chi connectivity index (χ0n) is 8.88. The van der Waals surface area contributed by atoms with Gasteiger partial charge in [0.15, 0.2) is 11.4 Å². The first-order chi connectivity index (χ1) is 7.63. The molecular weight excluding hydrogens is 257 g/mol. The van der Waals surface area contributed by atoms with E-state index in [1.807, 2.05) is 0 Å². The summed E-state index contributed by atoms with van der Waals surface area (Å²) >= 11 is 5.58. The second-order valence-electron chi connectivity index (χ2n) is 3.88. The molecular formula is C11H10ClF3O2. The third-order valence-electron chi connectivity index (χ3n) is 2.28. The third kappa shape index (κ3) is 3.44. The summed E-state index contributed by atoms with van der Waals surface area (Å²) < 4.78 is 37.1. The van der Waals surface area contributed by atoms with Gasteiger partial charge in [-0.05, 0) is 31.2 Å². The molecule has 0 spiro atoms. The minimum Gasteiger partial charge on any atom is -0.380 e. The van der Waals surface area contributed by atoms with Crippen molar-refractivity contribution >= 4 is 17.4 Å². The van der Waals surface area contributed by atoms with E-state index in [1.54, 1.807) is 0 Å². The number of ketones is 1. The van der Waals surface area contributed by atoms with Crippen LogP contribution in [0.2, 0.25) is 5.02 Å². The van der Waals surface area contributed by atoms with E-state index in [1.165, 1.54) is 24.3 Å². The fourth-order valence-corrected chi connectivity index (χ4v) is 1.28. The Balaban J connectivity index is 2.83. The molecule has 6 heteroatoms. The van der Waals surface area contributed by atoms with Gasteiger partial charge < -0.3 is 5.11 Å². The van der Waals surface area contributed by atoms with E-state index < -0.39 is 24.0 Å². The Bertz CT molecular complexity index is 410. The van der Waals surface area contributed by atoms with E-state index in [9.17, 15) is 18.0 Å². The number of carbonyl (C=O) groups is 1. The van der Waals surface area contributed by atoms with Crippen LogP contribution in [0.4, 0.5) is 13.2 Å². The summed E-state index contributed by atoms with van der Waals surface area (Å²) in [6.07, 6.45) is -5.85. The molecule has 1 rings (SSSR count). The number of hydrogen-bond acceptors (Lipinski definition) is 2. The molecule has 0 saturated carbocycles. The van der Waals surface area contributed by atoms with Gasteiger partial charge in [-0.2, -0.15) is 13.2 Å². The van der Waals surface area contributed by atoms with Crippen LogP contribution in [0.5, 0.6) is 0 Å². The van der Waals surface area contributed by atoms with Crippen molar-refractivity contribution < 1.29 is 23.1 Å². The Morgan fingerprint density at radius 3 is 2.18 bits per heavy atom. The highest BCUT2D eigenvalue weighted by Gasteiger charge is 2.50. The molecule has 1 atom stereocenters. The Kier molecular flexibility index (Phi) is 3.84. The smallest absolute Gasteiger partial charge is 0.380 e. The van der Waals surface area contributed by atoms with Crippen LogP contribution in [0.1, 0.15) is 23.7 Å². The van der Waals surface area contributed by atoms with E-state index in [0.29, 0.717) is 11.9 Å². The Labute approximate surface area is 101 Å². The van der Waals surface area contributed by atoms with Gasteiger partial charge in [-0.15, -0.1) is 0 Å². The second-order valence-corrected chi connectivity index (χ2v) is 4.31. The Hall–Kier alpha value is -1.07. The molecule has 1 unspecified atom stereocenters. The van der Waals surface area contributed by atoms with Gasteiger partial charge in [0.05, 0.1) is 0 Å². The van der Waals surface area contributed by atoms with Crippen LogP contribution in [0, 0.1) is 0 Å². The number of alkyl halides is 3. The van der Waals surface area contributed by atoms with Gasteiger partial charge >= 0.3 is 6.18 Å². The van der Waals surface area contributed by atoms with Crippen LogP contribution in [0.3, 0.4) is 0 Å². The number of rotatable bonds is 3. The van der Waals surface area contributed by atoms with E-state index in [4.69, 9.17) is 16.7 Å². The summed E-state index contributed by atoms with van der Waals surface area (Å²) in [6, 6.07) is 5.43. The van der Waals surface area contributed by atoms with Crippen molar-refractivity contribution in [1.82, 2.24) is 0 Å². The molecule has 0 aliphatic heterocycles. The van der Waals surface area contributed by atoms with Gasteiger partial charge in [0, 0.05) is 17.0 Å². The molecule has 0 saturated heterocycles. The maximum absolute atomic E-state index is 12.4. The van der Waals surface area contributed by atoms with Gasteiger partial charge in [0.25, 0.3) is 0 Å². The van der Waals surface area contributed by atoms with Gasteiger partial charge in [0.2, 0.25) is 0 Å². The highest BCUT2D eigenvalue weighted by atomic mass is 35.5. The summed E-state index contributed by atoms with van der Waals surface area (Å²) in [6.45, 7) is 0.570. The number of Topliss-reactive ketones (excluding diaryl/α,β-unsaturated/α-hetero) is 1. The summed E-state index contributed by atoms with van der Waals surface area (Å²) in [5.74, 6) is -0.788. The predicted octanol–water partition coefficient (Wildman–Crippen LogP) is 3.23. The maximum atomic E-state index is 12.4. The molecule has 0 fully saturated rings. The highest BCUT2D eigenvalue weighted by molar-refractivity contribution is 6.30. The number of benzene rings is 1. The summed E-state index contributed by atoms with van der Waals surface area (Å²) in [5, 5.41) is 9.54. The largest absolute Gasteiger partial charge is 0.417 e. The predicted molar refractivity (Wildman–Crippen MR) is 57.1 cm³/mol. The normalized spacial score (nSPS) is 15.4. The average Bonchev–Trinajstić information content (AvgIpc) is 2.16. The maximum Gasteiger partial charge on any atom is 0.417 e. The molecule has 0 bridgehead atoms. The van der Waals surface area contributed by atoms with Crippen LogP contribution in [0.25, 0.3) is 0 Å². The molecule has 0 aromatic heterocycles. The zero-order chi connectivity index (χ0) is 13.3. The van der Waals surface area contributed by atoms with Crippen LogP contribution in [-0.4, -0.2) is 22.7 Å². The molecule has 0 radical (unpaired) electrons. The monoisotopic (exact) mass is 266 g/mol. The lowest BCUT2D eigenvalue weighted by molar-refractivity contribution is -0.250. The lowest BCUT2D eigenvalue weighted by Crippen LogP contribution is -2.43. The van der Waals surface area contributed by atoms with Crippen molar-refractivity contribution in [2.45, 2.75) is 25.1 Å². The van der Waals surface area contributed by atoms with Crippen LogP contribution >= 0.6 is 11.6 Å². The van der Waals surface area contributed by atoms with Crippen LogP contribution < -0.4 is 0 Å². The fraction of sp³-hybridized carbons (Fsp3) is 0.364. The van der Waals surface area contributed by atoms with E-state index >= 15 is 0 Å². The summed E-state index contributed by atoms with van der Waals surface area (Å²) in [7, 11) is 0. The van der Waals surface area contributed by atoms with Gasteiger partial charge in [-0.1, -0.05) is 11.6 Å². The number of aliphatic hydroxyl groups is 1. The van der Waals surface area contributed by atoms with Crippen molar-refractivity contribution in [3.8, 4) is 0 Å². The molecule has 1 aromatic rings. The zero-order valence-corrected chi connectivity index (χ0v) is 9.64. The van der Waals surface area contributed by atoms with Crippen molar-refractivity contribution in [3.05, 3.63) is 34.9 Å². The molecule has 17 heavy (non-hydrogen) atoms. The molecule has 1 N–H and O–H groups in total. The van der Waals surface area contributed by atoms with E-state index in [-0.39, 0.29) is 5.56 Å². The fourth-order valence-electron chi connectivity index (χ4n) is 1.15. The van der Waals surface area contributed by atoms with E-state index in [2.05, 4.69) is 0 Å². The number of carbonyl (C=O) groups excluding carboxylic acids is 1. The molecule has 0 heterocycles. The van der Waals surface area contributed by atoms with Crippen molar-refractivity contribution in [1.29, 1.82) is 0 Å². The first-order valence-corrected chi connectivity index (χ1v) is 5.09. The Morgan fingerprint density at radius 1 is 1.29 bits per heavy atom. The van der Waals surface area contributed by atoms with Crippen molar-refractivity contribution in [2.75, 3.05) is 0 Å². The lowest BCUT2D eigenvalue weighted by atomic mass is 9.95. The van der Waals surface area contributed by atoms with Crippen LogP contribution in [0.15, 0.2) is 24.3 Å². The quantitative estimate of drug-likeness (QED) is 0.853. The molecule has 0 amide bonds. The molecule has 0 aliphatic carbocycles. The van der Waals surface area contributed by atoms with Gasteiger partial charge in [-0.25, -0.2) is 0 Å². The van der Waals surface area contributed by atoms with Gasteiger partial charge in [-0.3, -0.25) is 4.79 Å². The third-order valence-corrected chi connectivity index (χ3v) is 2.53. The topological polar surface area (TPSA) is 37.3 Å². The molecule has 94 valence electrons. The molecule has 0 aliphatic rings. The highest BCUT2D eigenvalue weighted by Crippen LogP contribution is 2.33. The number of halogens is 4. The summed E-state index contributed by atoms with van der Waals surface area (Å²) in [5.41, 5.74) is -2.94. The lowest BCUT2D eigenvalue weighted by Gasteiger charge is -2.25. The first kappa shape index (κ1) is 14.0. The van der Waals surface area contributed by atoms with Crippen LogP contribution in [-0.2, 0) is 0 Å². The first-order valence-electron chi connectivity index (χ1n) is 4.71. The van der Waals surface area contributed by atoms with Crippen molar-refractivity contribution in [2.24, 2.45) is 0 Å². The number of hydrogen-bond donors (Lipinski definition) is 1. The van der Waals surface area contributed by atoms with E-state index in [0.717, 1.165) is 0 Å². The summed E-state index contributed by atoms with van der Waals surface area (Å²) in [4.78, 5) is 11.5. The Morgan fingerprint density at radius 2 is 1.76 bits per heavy atom.